The number of carbonyl (C=O) groups excluding carboxylic acids is 1. The lowest BCUT2D eigenvalue weighted by Crippen LogP contribution is -2.35. The summed E-state index contributed by atoms with van der Waals surface area (Å²) in [7, 11) is 1.61. The molecule has 1 atom stereocenters. The summed E-state index contributed by atoms with van der Waals surface area (Å²) in [6.07, 6.45) is -0.671. The number of nitrogens with one attached hydrogen (secondary N) is 1. The molecule has 2 heterocycles. The van der Waals surface area contributed by atoms with Crippen molar-refractivity contribution in [3.05, 3.63) is 59.5 Å². The van der Waals surface area contributed by atoms with Crippen LogP contribution in [0.1, 0.15) is 11.8 Å². The zero-order valence-corrected chi connectivity index (χ0v) is 19.1. The summed E-state index contributed by atoms with van der Waals surface area (Å²) in [5.74, 6) is 1.09. The highest BCUT2D eigenvalue weighted by molar-refractivity contribution is 7.16. The lowest BCUT2D eigenvalue weighted by molar-refractivity contribution is -0.122. The first-order valence-electron chi connectivity index (χ1n) is 10.6. The second-order valence-electron chi connectivity index (χ2n) is 7.47. The van der Waals surface area contributed by atoms with Crippen LogP contribution >= 0.6 is 11.3 Å². The lowest BCUT2D eigenvalue weighted by Gasteiger charge is -2.26. The number of carbonyl (C=O) groups is 1. The topological polar surface area (TPSA) is 72.9 Å². The molecule has 2 aromatic carbocycles. The number of morpholine rings is 1. The molecule has 1 aliphatic heterocycles. The van der Waals surface area contributed by atoms with Crippen molar-refractivity contribution in [2.75, 3.05) is 38.7 Å². The van der Waals surface area contributed by atoms with E-state index in [1.165, 1.54) is 11.3 Å². The Balaban J connectivity index is 1.47. The first kappa shape index (κ1) is 22.3. The van der Waals surface area contributed by atoms with Gasteiger partial charge in [0.1, 0.15) is 11.5 Å². The van der Waals surface area contributed by atoms with E-state index >= 15 is 0 Å². The van der Waals surface area contributed by atoms with Crippen LogP contribution in [-0.4, -0.2) is 55.3 Å². The monoisotopic (exact) mass is 453 g/mol. The summed E-state index contributed by atoms with van der Waals surface area (Å²) in [4.78, 5) is 21.0. The Morgan fingerprint density at radius 2 is 1.81 bits per heavy atom. The van der Waals surface area contributed by atoms with Gasteiger partial charge in [-0.05, 0) is 31.2 Å². The zero-order chi connectivity index (χ0) is 22.3. The van der Waals surface area contributed by atoms with Gasteiger partial charge in [-0.3, -0.25) is 15.0 Å². The van der Waals surface area contributed by atoms with Crippen molar-refractivity contribution < 1.29 is 19.0 Å². The van der Waals surface area contributed by atoms with E-state index in [0.717, 1.165) is 54.7 Å². The molecule has 0 saturated carbocycles. The number of nitrogens with zero attached hydrogens (tertiary/aromatic N) is 2. The average molecular weight is 454 g/mol. The van der Waals surface area contributed by atoms with Crippen LogP contribution in [0.4, 0.5) is 5.13 Å². The normalized spacial score (nSPS) is 15.2. The quantitative estimate of drug-likeness (QED) is 0.555. The Morgan fingerprint density at radius 3 is 2.50 bits per heavy atom. The number of hydrogen-bond donors (Lipinski definition) is 1. The SMILES string of the molecule is COc1ccc(OC(C)C(=O)Nc2nc(-c3ccccc3)c(CN3CCOCC3)s2)cc1. The van der Waals surface area contributed by atoms with Crippen LogP contribution in [-0.2, 0) is 16.1 Å². The summed E-state index contributed by atoms with van der Waals surface area (Å²) >= 11 is 1.51. The van der Waals surface area contributed by atoms with E-state index in [0.29, 0.717) is 10.9 Å². The van der Waals surface area contributed by atoms with E-state index in [1.54, 1.807) is 38.3 Å². The van der Waals surface area contributed by atoms with Gasteiger partial charge in [0.15, 0.2) is 11.2 Å². The van der Waals surface area contributed by atoms with Crippen LogP contribution in [0.2, 0.25) is 0 Å². The Hall–Kier alpha value is -2.94. The highest BCUT2D eigenvalue weighted by Crippen LogP contribution is 2.32. The predicted molar refractivity (Wildman–Crippen MR) is 125 cm³/mol. The Bertz CT molecular complexity index is 1020. The fourth-order valence-corrected chi connectivity index (χ4v) is 4.44. The summed E-state index contributed by atoms with van der Waals surface area (Å²) < 4.78 is 16.4. The minimum Gasteiger partial charge on any atom is -0.497 e. The lowest BCUT2D eigenvalue weighted by atomic mass is 10.1. The van der Waals surface area contributed by atoms with Gasteiger partial charge in [-0.1, -0.05) is 41.7 Å². The van der Waals surface area contributed by atoms with Gasteiger partial charge >= 0.3 is 0 Å². The number of ether oxygens (including phenoxy) is 3. The fourth-order valence-electron chi connectivity index (χ4n) is 3.42. The van der Waals surface area contributed by atoms with Crippen LogP contribution in [0.3, 0.4) is 0 Å². The third-order valence-electron chi connectivity index (χ3n) is 5.19. The van der Waals surface area contributed by atoms with E-state index in [9.17, 15) is 4.79 Å². The number of hydrogen-bond acceptors (Lipinski definition) is 7. The van der Waals surface area contributed by atoms with E-state index < -0.39 is 6.10 Å². The minimum atomic E-state index is -0.671. The van der Waals surface area contributed by atoms with E-state index in [4.69, 9.17) is 19.2 Å². The molecule has 3 aromatic rings. The molecular formula is C24H27N3O4S. The highest BCUT2D eigenvalue weighted by atomic mass is 32.1. The fraction of sp³-hybridized carbons (Fsp3) is 0.333. The maximum Gasteiger partial charge on any atom is 0.266 e. The van der Waals surface area contributed by atoms with Gasteiger partial charge in [0.25, 0.3) is 5.91 Å². The molecule has 0 bridgehead atoms. The molecule has 32 heavy (non-hydrogen) atoms. The molecule has 1 unspecified atom stereocenters. The van der Waals surface area contributed by atoms with Gasteiger partial charge in [-0.2, -0.15) is 0 Å². The molecule has 1 N–H and O–H groups in total. The number of benzene rings is 2. The van der Waals surface area contributed by atoms with Crippen molar-refractivity contribution in [3.63, 3.8) is 0 Å². The maximum absolute atomic E-state index is 12.8. The molecule has 0 radical (unpaired) electrons. The number of methoxy groups -OCH3 is 1. The van der Waals surface area contributed by atoms with Crippen molar-refractivity contribution in [3.8, 4) is 22.8 Å². The molecule has 4 rings (SSSR count). The van der Waals surface area contributed by atoms with Gasteiger partial charge in [0, 0.05) is 30.1 Å². The van der Waals surface area contributed by atoms with Crippen LogP contribution in [0.5, 0.6) is 11.5 Å². The first-order valence-corrected chi connectivity index (χ1v) is 11.4. The van der Waals surface area contributed by atoms with Crippen LogP contribution in [0.25, 0.3) is 11.3 Å². The van der Waals surface area contributed by atoms with Crippen LogP contribution in [0.15, 0.2) is 54.6 Å². The van der Waals surface area contributed by atoms with E-state index in [-0.39, 0.29) is 5.91 Å². The van der Waals surface area contributed by atoms with Gasteiger partial charge < -0.3 is 14.2 Å². The average Bonchev–Trinajstić information content (AvgIpc) is 3.22. The molecule has 1 amide bonds. The first-order chi connectivity index (χ1) is 15.6. The maximum atomic E-state index is 12.8. The number of aromatic nitrogens is 1. The zero-order valence-electron chi connectivity index (χ0n) is 18.2. The largest absolute Gasteiger partial charge is 0.497 e. The number of rotatable bonds is 8. The van der Waals surface area contributed by atoms with Crippen molar-refractivity contribution in [2.45, 2.75) is 19.6 Å². The second-order valence-corrected chi connectivity index (χ2v) is 8.55. The Labute approximate surface area is 191 Å². The van der Waals surface area contributed by atoms with Crippen LogP contribution in [0, 0.1) is 0 Å². The van der Waals surface area contributed by atoms with Gasteiger partial charge in [-0.15, -0.1) is 0 Å². The smallest absolute Gasteiger partial charge is 0.266 e. The van der Waals surface area contributed by atoms with Crippen molar-refractivity contribution in [1.82, 2.24) is 9.88 Å². The number of amides is 1. The Morgan fingerprint density at radius 1 is 1.12 bits per heavy atom. The predicted octanol–water partition coefficient (Wildman–Crippen LogP) is 4.06. The molecule has 0 spiro atoms. The molecule has 1 fully saturated rings. The third kappa shape index (κ3) is 5.64. The molecule has 1 saturated heterocycles. The highest BCUT2D eigenvalue weighted by Gasteiger charge is 2.21. The van der Waals surface area contributed by atoms with E-state index in [1.807, 2.05) is 30.3 Å². The molecular weight excluding hydrogens is 426 g/mol. The van der Waals surface area contributed by atoms with Gasteiger partial charge in [-0.25, -0.2) is 4.98 Å². The van der Waals surface area contributed by atoms with Crippen molar-refractivity contribution in [1.29, 1.82) is 0 Å². The third-order valence-corrected chi connectivity index (χ3v) is 6.14. The summed E-state index contributed by atoms with van der Waals surface area (Å²) in [5, 5.41) is 3.50. The summed E-state index contributed by atoms with van der Waals surface area (Å²) in [5.41, 5.74) is 1.94. The standard InChI is InChI=1S/C24H27N3O4S/c1-17(31-20-10-8-19(29-2)9-11-20)23(28)26-24-25-22(18-6-4-3-5-7-18)21(32-24)16-27-12-14-30-15-13-27/h3-11,17H,12-16H2,1-2H3,(H,25,26,28). The van der Waals surface area contributed by atoms with Crippen molar-refractivity contribution >= 4 is 22.4 Å². The Kier molecular flexibility index (Phi) is 7.36. The molecule has 168 valence electrons. The molecule has 0 aliphatic carbocycles. The minimum absolute atomic E-state index is 0.243. The molecule has 8 heteroatoms. The molecule has 1 aromatic heterocycles. The summed E-state index contributed by atoms with van der Waals surface area (Å²) in [6.45, 7) is 5.76. The molecule has 1 aliphatic rings. The summed E-state index contributed by atoms with van der Waals surface area (Å²) in [6, 6.07) is 17.2. The number of anilines is 1. The van der Waals surface area contributed by atoms with E-state index in [2.05, 4.69) is 10.2 Å². The van der Waals surface area contributed by atoms with Gasteiger partial charge in [0.05, 0.1) is 26.0 Å². The van der Waals surface area contributed by atoms with Crippen LogP contribution < -0.4 is 14.8 Å². The molecule has 7 nitrogen and oxygen atoms in total. The number of thiazole rings is 1. The van der Waals surface area contributed by atoms with Gasteiger partial charge in [0.2, 0.25) is 0 Å². The van der Waals surface area contributed by atoms with Crippen molar-refractivity contribution in [2.24, 2.45) is 0 Å². The second kappa shape index (κ2) is 10.6.